The molecule has 30 heavy (non-hydrogen) atoms. The van der Waals surface area contributed by atoms with E-state index in [1.54, 1.807) is 12.1 Å². The van der Waals surface area contributed by atoms with Crippen LogP contribution in [0.1, 0.15) is 24.0 Å². The highest BCUT2D eigenvalue weighted by Gasteiger charge is 2.36. The Morgan fingerprint density at radius 2 is 2.03 bits per heavy atom. The van der Waals surface area contributed by atoms with E-state index in [0.29, 0.717) is 35.1 Å². The summed E-state index contributed by atoms with van der Waals surface area (Å²) in [6.07, 6.45) is 0. The van der Waals surface area contributed by atoms with Crippen LogP contribution in [0, 0.1) is 11.3 Å². The van der Waals surface area contributed by atoms with Gasteiger partial charge in [0.05, 0.1) is 30.9 Å². The first-order valence-corrected chi connectivity index (χ1v) is 9.33. The highest BCUT2D eigenvalue weighted by molar-refractivity contribution is 5.71. The Morgan fingerprint density at radius 1 is 1.27 bits per heavy atom. The Balaban J connectivity index is 1.88. The summed E-state index contributed by atoms with van der Waals surface area (Å²) >= 11 is 0. The molecule has 152 valence electrons. The number of aromatic hydroxyl groups is 1. The maximum absolute atomic E-state index is 9.98. The van der Waals surface area contributed by atoms with E-state index in [4.69, 9.17) is 19.9 Å². The van der Waals surface area contributed by atoms with Crippen LogP contribution < -0.4 is 19.9 Å². The minimum atomic E-state index is -0.548. The van der Waals surface area contributed by atoms with Gasteiger partial charge in [0.15, 0.2) is 11.5 Å². The van der Waals surface area contributed by atoms with E-state index in [0.717, 1.165) is 11.3 Å². The number of allylic oxidation sites excluding steroid dienone is 1. The SMILES string of the molecule is CCOc1ccc(-c2[nH]nc3c2[C@@H](c2ccc(O)c(OC)c2)C(C#N)=C(N)O3)cc1. The van der Waals surface area contributed by atoms with E-state index in [1.807, 2.05) is 31.2 Å². The molecule has 4 N–H and O–H groups in total. The lowest BCUT2D eigenvalue weighted by molar-refractivity contribution is 0.340. The van der Waals surface area contributed by atoms with Crippen molar-refractivity contribution in [2.45, 2.75) is 12.8 Å². The number of fused-ring (bicyclic) bond motifs is 1. The van der Waals surface area contributed by atoms with Gasteiger partial charge in [0.25, 0.3) is 0 Å². The van der Waals surface area contributed by atoms with E-state index in [2.05, 4.69) is 16.3 Å². The van der Waals surface area contributed by atoms with Gasteiger partial charge in [-0.2, -0.15) is 5.26 Å². The zero-order chi connectivity index (χ0) is 21.3. The van der Waals surface area contributed by atoms with Gasteiger partial charge in [0, 0.05) is 5.56 Å². The van der Waals surface area contributed by atoms with Crippen LogP contribution >= 0.6 is 0 Å². The number of nitriles is 1. The molecule has 1 aliphatic rings. The molecule has 0 radical (unpaired) electrons. The number of hydrogen-bond donors (Lipinski definition) is 3. The topological polar surface area (TPSA) is 126 Å². The lowest BCUT2D eigenvalue weighted by Crippen LogP contribution is -2.21. The second-order valence-corrected chi connectivity index (χ2v) is 6.63. The van der Waals surface area contributed by atoms with Gasteiger partial charge in [0.2, 0.25) is 11.8 Å². The second-order valence-electron chi connectivity index (χ2n) is 6.63. The molecule has 2 heterocycles. The number of nitrogens with one attached hydrogen (secondary N) is 1. The predicted molar refractivity (Wildman–Crippen MR) is 109 cm³/mol. The number of aromatic nitrogens is 2. The van der Waals surface area contributed by atoms with Gasteiger partial charge < -0.3 is 25.1 Å². The molecule has 1 aliphatic heterocycles. The van der Waals surface area contributed by atoms with Crippen LogP contribution in [0.5, 0.6) is 23.1 Å². The summed E-state index contributed by atoms with van der Waals surface area (Å²) in [6.45, 7) is 2.50. The molecule has 0 bridgehead atoms. The average molecular weight is 404 g/mol. The fraction of sp³-hybridized carbons (Fsp3) is 0.182. The smallest absolute Gasteiger partial charge is 0.244 e. The summed E-state index contributed by atoms with van der Waals surface area (Å²) in [5.41, 5.74) is 9.21. The number of hydrogen-bond acceptors (Lipinski definition) is 7. The molecule has 0 spiro atoms. The van der Waals surface area contributed by atoms with Crippen LogP contribution in [-0.2, 0) is 0 Å². The Bertz CT molecular complexity index is 1160. The van der Waals surface area contributed by atoms with Gasteiger partial charge in [-0.05, 0) is 48.9 Å². The van der Waals surface area contributed by atoms with Crippen molar-refractivity contribution in [3.8, 4) is 40.5 Å². The van der Waals surface area contributed by atoms with Gasteiger partial charge in [-0.15, -0.1) is 5.10 Å². The summed E-state index contributed by atoms with van der Waals surface area (Å²) < 4.78 is 16.4. The Morgan fingerprint density at radius 3 is 2.70 bits per heavy atom. The van der Waals surface area contributed by atoms with Gasteiger partial charge >= 0.3 is 0 Å². The number of benzene rings is 2. The van der Waals surface area contributed by atoms with E-state index >= 15 is 0 Å². The van der Waals surface area contributed by atoms with Crippen molar-refractivity contribution in [2.24, 2.45) is 5.73 Å². The summed E-state index contributed by atoms with van der Waals surface area (Å²) in [5, 5.41) is 27.0. The van der Waals surface area contributed by atoms with Gasteiger partial charge in [-0.25, -0.2) is 0 Å². The molecule has 0 saturated heterocycles. The molecule has 4 rings (SSSR count). The summed E-state index contributed by atoms with van der Waals surface area (Å²) in [4.78, 5) is 0. The normalized spacial score (nSPS) is 15.2. The zero-order valence-corrected chi connectivity index (χ0v) is 16.5. The van der Waals surface area contributed by atoms with Crippen molar-refractivity contribution in [3.05, 3.63) is 65.0 Å². The fourth-order valence-corrected chi connectivity index (χ4v) is 3.56. The van der Waals surface area contributed by atoms with Crippen LogP contribution in [0.3, 0.4) is 0 Å². The standard InChI is InChI=1S/C22H20N4O4/c1-3-29-14-7-4-12(5-8-14)20-19-18(13-6-9-16(27)17(10-13)28-2)15(11-23)21(24)30-22(19)26-25-20/h4-10,18,27H,3,24H2,1-2H3,(H,25,26)/t18-/m0/s1. The lowest BCUT2D eigenvalue weighted by atomic mass is 9.83. The van der Waals surface area contributed by atoms with Crippen molar-refractivity contribution < 1.29 is 19.3 Å². The van der Waals surface area contributed by atoms with Crippen LogP contribution in [-0.4, -0.2) is 29.0 Å². The third-order valence-corrected chi connectivity index (χ3v) is 4.93. The van der Waals surface area contributed by atoms with Crippen molar-refractivity contribution in [1.82, 2.24) is 10.2 Å². The summed E-state index contributed by atoms with van der Waals surface area (Å²) in [7, 11) is 1.47. The predicted octanol–water partition coefficient (Wildman–Crippen LogP) is 3.41. The van der Waals surface area contributed by atoms with E-state index in [9.17, 15) is 10.4 Å². The summed E-state index contributed by atoms with van der Waals surface area (Å²) in [5.74, 6) is 0.797. The Hall–Kier alpha value is -4.12. The largest absolute Gasteiger partial charge is 0.504 e. The quantitative estimate of drug-likeness (QED) is 0.595. The third kappa shape index (κ3) is 3.16. The first-order valence-electron chi connectivity index (χ1n) is 9.33. The Labute approximate surface area is 173 Å². The van der Waals surface area contributed by atoms with Crippen LogP contribution in [0.4, 0.5) is 0 Å². The third-order valence-electron chi connectivity index (χ3n) is 4.93. The Kier molecular flexibility index (Phi) is 4.94. The molecule has 8 heteroatoms. The van der Waals surface area contributed by atoms with Gasteiger partial charge in [-0.3, -0.25) is 5.10 Å². The molecule has 1 aromatic heterocycles. The first-order chi connectivity index (χ1) is 14.6. The molecular weight excluding hydrogens is 384 g/mol. The van der Waals surface area contributed by atoms with Crippen LogP contribution in [0.25, 0.3) is 11.3 Å². The molecule has 1 atom stereocenters. The van der Waals surface area contributed by atoms with E-state index < -0.39 is 5.92 Å². The number of ether oxygens (including phenoxy) is 3. The summed E-state index contributed by atoms with van der Waals surface area (Å²) in [6, 6.07) is 14.6. The molecule has 8 nitrogen and oxygen atoms in total. The van der Waals surface area contributed by atoms with Crippen molar-refractivity contribution >= 4 is 0 Å². The molecule has 0 aliphatic carbocycles. The van der Waals surface area contributed by atoms with Crippen LogP contribution in [0.15, 0.2) is 53.9 Å². The molecule has 2 aromatic carbocycles. The number of phenolic OH excluding ortho intramolecular Hbond substituents is 1. The first kappa shape index (κ1) is 19.2. The van der Waals surface area contributed by atoms with E-state index in [-0.39, 0.29) is 17.2 Å². The highest BCUT2D eigenvalue weighted by atomic mass is 16.5. The molecule has 0 unspecified atom stereocenters. The van der Waals surface area contributed by atoms with Gasteiger partial charge in [0.1, 0.15) is 17.4 Å². The molecule has 0 saturated carbocycles. The molecule has 3 aromatic rings. The minimum absolute atomic E-state index is 0.00271. The number of H-pyrrole nitrogens is 1. The number of rotatable bonds is 5. The highest BCUT2D eigenvalue weighted by Crippen LogP contribution is 2.46. The molecule has 0 amide bonds. The van der Waals surface area contributed by atoms with E-state index in [1.165, 1.54) is 13.2 Å². The molecule has 0 fully saturated rings. The van der Waals surface area contributed by atoms with Crippen molar-refractivity contribution in [3.63, 3.8) is 0 Å². The number of phenols is 1. The van der Waals surface area contributed by atoms with Crippen molar-refractivity contribution in [1.29, 1.82) is 5.26 Å². The average Bonchev–Trinajstić information content (AvgIpc) is 3.17. The number of methoxy groups -OCH3 is 1. The minimum Gasteiger partial charge on any atom is -0.504 e. The second kappa shape index (κ2) is 7.72. The monoisotopic (exact) mass is 404 g/mol. The maximum Gasteiger partial charge on any atom is 0.244 e. The van der Waals surface area contributed by atoms with Crippen LogP contribution in [0.2, 0.25) is 0 Å². The zero-order valence-electron chi connectivity index (χ0n) is 16.5. The maximum atomic E-state index is 9.98. The number of nitrogens with zero attached hydrogens (tertiary/aromatic N) is 2. The van der Waals surface area contributed by atoms with Crippen molar-refractivity contribution in [2.75, 3.05) is 13.7 Å². The number of aromatic amines is 1. The lowest BCUT2D eigenvalue weighted by Gasteiger charge is -2.24. The van der Waals surface area contributed by atoms with Gasteiger partial charge in [-0.1, -0.05) is 6.07 Å². The molecular formula is C22H20N4O4. The fourth-order valence-electron chi connectivity index (χ4n) is 3.56. The number of nitrogens with two attached hydrogens (primary N) is 1.